The van der Waals surface area contributed by atoms with Gasteiger partial charge in [-0.05, 0) is 23.2 Å². The Morgan fingerprint density at radius 2 is 1.67 bits per heavy atom. The van der Waals surface area contributed by atoms with E-state index in [-0.39, 0.29) is 0 Å². The summed E-state index contributed by atoms with van der Waals surface area (Å²) in [4.78, 5) is 10.6. The molecule has 0 heterocycles. The molecular formula is C15H26NO4P. The molecule has 1 aromatic rings. The van der Waals surface area contributed by atoms with Crippen molar-refractivity contribution in [2.45, 2.75) is 39.7 Å². The number of nitrogens with one attached hydrogen (secondary N) is 1. The molecule has 0 aliphatic carbocycles. The highest BCUT2D eigenvalue weighted by atomic mass is 31.0. The number of aldehydes is 1. The summed E-state index contributed by atoms with van der Waals surface area (Å²) < 4.78 is 16.4. The lowest BCUT2D eigenvalue weighted by Gasteiger charge is -2.25. The smallest absolute Gasteiger partial charge is 0.149 e. The van der Waals surface area contributed by atoms with Crippen molar-refractivity contribution in [3.05, 3.63) is 12.1 Å². The number of carbonyl (C=O) groups is 1. The van der Waals surface area contributed by atoms with E-state index in [1.165, 1.54) is 0 Å². The summed E-state index contributed by atoms with van der Waals surface area (Å²) in [5.74, 6) is 1.79. The predicted octanol–water partition coefficient (Wildman–Crippen LogP) is 3.68. The predicted molar refractivity (Wildman–Crippen MR) is 89.6 cm³/mol. The van der Waals surface area contributed by atoms with Gasteiger partial charge in [-0.2, -0.15) is 0 Å². The van der Waals surface area contributed by atoms with Gasteiger partial charge in [0.15, 0.2) is 0 Å². The summed E-state index contributed by atoms with van der Waals surface area (Å²) in [6.07, 6.45) is 1.15. The van der Waals surface area contributed by atoms with Crippen LogP contribution in [-0.4, -0.2) is 26.1 Å². The molecule has 0 bridgehead atoms. The summed E-state index contributed by atoms with van der Waals surface area (Å²) in [7, 11) is 5.54. The van der Waals surface area contributed by atoms with E-state index in [2.05, 4.69) is 14.5 Å². The standard InChI is InChI=1S/C13H20NO4P.C2H6/c1-13(2,5-6-15)18-9-7-10(16-3)12(14-19)11(8-9)17-4;1-2/h6-8,14H,5,19H2,1-4H3;1-2H3. The van der Waals surface area contributed by atoms with Crippen LogP contribution in [0.3, 0.4) is 0 Å². The Morgan fingerprint density at radius 1 is 1.19 bits per heavy atom. The lowest BCUT2D eigenvalue weighted by atomic mass is 10.1. The van der Waals surface area contributed by atoms with Crippen LogP contribution in [0.4, 0.5) is 5.69 Å². The highest BCUT2D eigenvalue weighted by Gasteiger charge is 2.21. The van der Waals surface area contributed by atoms with Gasteiger partial charge in [0.2, 0.25) is 0 Å². The molecular weight excluding hydrogens is 289 g/mol. The third-order valence-corrected chi connectivity index (χ3v) is 2.88. The van der Waals surface area contributed by atoms with Crippen molar-refractivity contribution in [2.75, 3.05) is 19.3 Å². The van der Waals surface area contributed by atoms with E-state index in [0.717, 1.165) is 12.0 Å². The van der Waals surface area contributed by atoms with Crippen molar-refractivity contribution < 1.29 is 19.0 Å². The largest absolute Gasteiger partial charge is 0.494 e. The maximum atomic E-state index is 10.6. The second-order valence-electron chi connectivity index (χ2n) is 4.58. The van der Waals surface area contributed by atoms with Crippen LogP contribution in [0.1, 0.15) is 34.1 Å². The number of ether oxygens (including phenoxy) is 3. The van der Waals surface area contributed by atoms with E-state index < -0.39 is 5.60 Å². The first-order valence-electron chi connectivity index (χ1n) is 6.82. The molecule has 1 unspecified atom stereocenters. The van der Waals surface area contributed by atoms with Crippen LogP contribution in [0.15, 0.2) is 12.1 Å². The molecule has 1 rings (SSSR count). The fraction of sp³-hybridized carbons (Fsp3) is 0.533. The number of hydrogen-bond acceptors (Lipinski definition) is 5. The van der Waals surface area contributed by atoms with Gasteiger partial charge < -0.3 is 24.1 Å². The van der Waals surface area contributed by atoms with Crippen molar-refractivity contribution >= 4 is 21.4 Å². The molecule has 21 heavy (non-hydrogen) atoms. The molecule has 0 saturated carbocycles. The third-order valence-electron chi connectivity index (χ3n) is 2.59. The van der Waals surface area contributed by atoms with Gasteiger partial charge in [-0.3, -0.25) is 0 Å². The van der Waals surface area contributed by atoms with Gasteiger partial charge in [0.05, 0.1) is 14.2 Å². The summed E-state index contributed by atoms with van der Waals surface area (Å²) in [5.41, 5.74) is 0.142. The first-order valence-corrected chi connectivity index (χ1v) is 7.40. The van der Waals surface area contributed by atoms with E-state index in [9.17, 15) is 4.79 Å². The number of hydrogen-bond donors (Lipinski definition) is 1. The Morgan fingerprint density at radius 3 is 2.00 bits per heavy atom. The van der Waals surface area contributed by atoms with Gasteiger partial charge in [-0.1, -0.05) is 13.8 Å². The fourth-order valence-corrected chi connectivity index (χ4v) is 1.93. The van der Waals surface area contributed by atoms with Crippen LogP contribution < -0.4 is 19.3 Å². The monoisotopic (exact) mass is 315 g/mol. The Labute approximate surface area is 129 Å². The summed E-state index contributed by atoms with van der Waals surface area (Å²) in [5, 5.41) is 2.94. The Kier molecular flexibility index (Phi) is 8.79. The van der Waals surface area contributed by atoms with E-state index in [4.69, 9.17) is 14.2 Å². The van der Waals surface area contributed by atoms with Crippen LogP contribution in [0.25, 0.3) is 0 Å². The van der Waals surface area contributed by atoms with E-state index in [1.807, 2.05) is 27.7 Å². The van der Waals surface area contributed by atoms with Crippen LogP contribution in [0.5, 0.6) is 17.2 Å². The average Bonchev–Trinajstić information content (AvgIpc) is 2.47. The summed E-state index contributed by atoms with van der Waals surface area (Å²) in [6.45, 7) is 7.70. The minimum atomic E-state index is -0.576. The molecule has 0 fully saturated rings. The normalized spacial score (nSPS) is 10.0. The highest BCUT2D eigenvalue weighted by molar-refractivity contribution is 7.18. The molecule has 1 atom stereocenters. The Balaban J connectivity index is 0.00000191. The van der Waals surface area contributed by atoms with Gasteiger partial charge >= 0.3 is 0 Å². The Hall–Kier alpha value is -1.48. The lowest BCUT2D eigenvalue weighted by molar-refractivity contribution is -0.110. The molecule has 0 aromatic heterocycles. The van der Waals surface area contributed by atoms with Crippen molar-refractivity contribution in [3.8, 4) is 17.2 Å². The Bertz CT molecular complexity index is 424. The van der Waals surface area contributed by atoms with Crippen molar-refractivity contribution in [3.63, 3.8) is 0 Å². The summed E-state index contributed by atoms with van der Waals surface area (Å²) >= 11 is 0. The number of anilines is 1. The van der Waals surface area contributed by atoms with E-state index >= 15 is 0 Å². The molecule has 120 valence electrons. The number of carbonyl (C=O) groups excluding carboxylic acids is 1. The second-order valence-corrected chi connectivity index (χ2v) is 4.87. The average molecular weight is 315 g/mol. The molecule has 0 saturated heterocycles. The van der Waals surface area contributed by atoms with Gasteiger partial charge in [-0.25, -0.2) is 0 Å². The molecule has 0 amide bonds. The van der Waals surface area contributed by atoms with Crippen LogP contribution in [0, 0.1) is 0 Å². The van der Waals surface area contributed by atoms with Crippen LogP contribution >= 0.6 is 9.39 Å². The second kappa shape index (κ2) is 9.46. The minimum Gasteiger partial charge on any atom is -0.494 e. The molecule has 1 N–H and O–H groups in total. The first-order chi connectivity index (χ1) is 9.97. The fourth-order valence-electron chi connectivity index (χ4n) is 1.65. The summed E-state index contributed by atoms with van der Waals surface area (Å²) in [6, 6.07) is 3.50. The molecule has 0 radical (unpaired) electrons. The molecule has 0 aliphatic heterocycles. The molecule has 1 aromatic carbocycles. The van der Waals surface area contributed by atoms with Crippen LogP contribution in [0.2, 0.25) is 0 Å². The zero-order valence-electron chi connectivity index (χ0n) is 13.6. The molecule has 0 aliphatic rings. The number of rotatable bonds is 7. The SMILES string of the molecule is CC.COc1cc(OC(C)(C)CC=O)cc(OC)c1NP. The maximum absolute atomic E-state index is 10.6. The van der Waals surface area contributed by atoms with Crippen LogP contribution in [-0.2, 0) is 4.79 Å². The van der Waals surface area contributed by atoms with Gasteiger partial charge in [-0.15, -0.1) is 0 Å². The van der Waals surface area contributed by atoms with E-state index in [1.54, 1.807) is 26.4 Å². The topological polar surface area (TPSA) is 56.8 Å². The lowest BCUT2D eigenvalue weighted by Crippen LogP contribution is -2.28. The molecule has 0 spiro atoms. The van der Waals surface area contributed by atoms with Gasteiger partial charge in [0, 0.05) is 18.6 Å². The van der Waals surface area contributed by atoms with Crippen molar-refractivity contribution in [1.82, 2.24) is 0 Å². The quantitative estimate of drug-likeness (QED) is 0.614. The number of methoxy groups -OCH3 is 2. The molecule has 6 heteroatoms. The number of benzene rings is 1. The van der Waals surface area contributed by atoms with E-state index in [0.29, 0.717) is 23.7 Å². The minimum absolute atomic E-state index is 0.307. The zero-order valence-corrected chi connectivity index (χ0v) is 14.8. The van der Waals surface area contributed by atoms with Crippen molar-refractivity contribution in [2.24, 2.45) is 0 Å². The third kappa shape index (κ3) is 5.80. The maximum Gasteiger partial charge on any atom is 0.149 e. The van der Waals surface area contributed by atoms with Crippen molar-refractivity contribution in [1.29, 1.82) is 0 Å². The van der Waals surface area contributed by atoms with Gasteiger partial charge in [0.1, 0.15) is 34.8 Å². The highest BCUT2D eigenvalue weighted by Crippen LogP contribution is 2.40. The zero-order chi connectivity index (χ0) is 16.5. The van der Waals surface area contributed by atoms with Gasteiger partial charge in [0.25, 0.3) is 0 Å². The molecule has 5 nitrogen and oxygen atoms in total. The first kappa shape index (κ1) is 19.5.